The first-order valence-corrected chi connectivity index (χ1v) is 11.0. The third kappa shape index (κ3) is 6.55. The summed E-state index contributed by atoms with van der Waals surface area (Å²) in [7, 11) is 1.66. The largest absolute Gasteiger partial charge is 0.486 e. The van der Waals surface area contributed by atoms with Gasteiger partial charge in [-0.05, 0) is 49.7 Å². The second kappa shape index (κ2) is 11.1. The van der Waals surface area contributed by atoms with Crippen molar-refractivity contribution in [3.05, 3.63) is 80.8 Å². The lowest BCUT2D eigenvalue weighted by Gasteiger charge is -2.22. The van der Waals surface area contributed by atoms with Crippen molar-refractivity contribution in [2.24, 2.45) is 0 Å². The lowest BCUT2D eigenvalue weighted by molar-refractivity contribution is 0.0721. The molecule has 30 heavy (non-hydrogen) atoms. The Morgan fingerprint density at radius 3 is 2.57 bits per heavy atom. The molecule has 0 unspecified atom stereocenters. The average Bonchev–Trinajstić information content (AvgIpc) is 3.20. The molecule has 0 bridgehead atoms. The van der Waals surface area contributed by atoms with Crippen molar-refractivity contribution in [2.75, 3.05) is 20.3 Å². The van der Waals surface area contributed by atoms with Crippen LogP contribution >= 0.6 is 22.9 Å². The third-order valence-corrected chi connectivity index (χ3v) is 5.61. The predicted molar refractivity (Wildman–Crippen MR) is 120 cm³/mol. The van der Waals surface area contributed by atoms with Gasteiger partial charge in [-0.25, -0.2) is 4.98 Å². The Kier molecular flexibility index (Phi) is 8.25. The van der Waals surface area contributed by atoms with Gasteiger partial charge in [0.05, 0.1) is 12.2 Å². The number of aryl methyl sites for hydroxylation is 1. The Morgan fingerprint density at radius 1 is 1.13 bits per heavy atom. The van der Waals surface area contributed by atoms with Crippen molar-refractivity contribution in [3.63, 3.8) is 0 Å². The minimum Gasteiger partial charge on any atom is -0.486 e. The Labute approximate surface area is 186 Å². The normalized spacial score (nSPS) is 10.8. The molecule has 0 aliphatic rings. The first-order chi connectivity index (χ1) is 14.5. The first-order valence-electron chi connectivity index (χ1n) is 9.71. The van der Waals surface area contributed by atoms with Crippen molar-refractivity contribution in [1.29, 1.82) is 0 Å². The summed E-state index contributed by atoms with van der Waals surface area (Å²) in [6, 6.07) is 14.9. The molecule has 5 nitrogen and oxygen atoms in total. The number of nitrogens with zero attached hydrogens (tertiary/aromatic N) is 2. The molecule has 7 heteroatoms. The second-order valence-electron chi connectivity index (χ2n) is 6.91. The molecule has 1 aromatic heterocycles. The number of hydrogen-bond donors (Lipinski definition) is 0. The second-order valence-corrected chi connectivity index (χ2v) is 8.29. The summed E-state index contributed by atoms with van der Waals surface area (Å²) in [5.41, 5.74) is 2.65. The van der Waals surface area contributed by atoms with Crippen LogP contribution < -0.4 is 4.74 Å². The van der Waals surface area contributed by atoms with Crippen LogP contribution in [-0.2, 0) is 17.9 Å². The zero-order valence-corrected chi connectivity index (χ0v) is 18.7. The Hall–Kier alpha value is -2.41. The maximum atomic E-state index is 13.0. The predicted octanol–water partition coefficient (Wildman–Crippen LogP) is 5.36. The lowest BCUT2D eigenvalue weighted by Crippen LogP contribution is -2.32. The molecule has 0 saturated heterocycles. The minimum absolute atomic E-state index is 0.0479. The first kappa shape index (κ1) is 22.3. The van der Waals surface area contributed by atoms with Gasteiger partial charge >= 0.3 is 0 Å². The summed E-state index contributed by atoms with van der Waals surface area (Å²) in [6.45, 7) is 4.06. The van der Waals surface area contributed by atoms with Crippen LogP contribution in [0.25, 0.3) is 0 Å². The molecule has 0 fully saturated rings. The average molecular weight is 445 g/mol. The fourth-order valence-electron chi connectivity index (χ4n) is 2.89. The van der Waals surface area contributed by atoms with E-state index in [1.165, 1.54) is 16.9 Å². The molecule has 0 aliphatic carbocycles. The van der Waals surface area contributed by atoms with Gasteiger partial charge in [0.25, 0.3) is 5.91 Å². The highest BCUT2D eigenvalue weighted by Gasteiger charge is 2.17. The van der Waals surface area contributed by atoms with E-state index in [-0.39, 0.29) is 5.91 Å². The van der Waals surface area contributed by atoms with E-state index in [1.54, 1.807) is 36.3 Å². The van der Waals surface area contributed by atoms with Gasteiger partial charge < -0.3 is 14.4 Å². The number of rotatable bonds is 10. The molecule has 1 amide bonds. The summed E-state index contributed by atoms with van der Waals surface area (Å²) in [6.07, 6.45) is 0.753. The van der Waals surface area contributed by atoms with Crippen molar-refractivity contribution in [3.8, 4) is 5.75 Å². The van der Waals surface area contributed by atoms with Crippen LogP contribution in [0, 0.1) is 6.92 Å². The van der Waals surface area contributed by atoms with Crippen LogP contribution in [0.3, 0.4) is 0 Å². The van der Waals surface area contributed by atoms with Gasteiger partial charge in [-0.3, -0.25) is 4.79 Å². The van der Waals surface area contributed by atoms with Gasteiger partial charge in [-0.1, -0.05) is 29.3 Å². The number of benzene rings is 2. The monoisotopic (exact) mass is 444 g/mol. The molecular weight excluding hydrogens is 420 g/mol. The molecule has 0 N–H and O–H groups in total. The molecule has 3 aromatic rings. The smallest absolute Gasteiger partial charge is 0.254 e. The zero-order chi connectivity index (χ0) is 21.3. The minimum atomic E-state index is -0.0479. The van der Waals surface area contributed by atoms with Crippen LogP contribution in [0.15, 0.2) is 53.9 Å². The number of carbonyl (C=O) groups excluding carboxylic acids is 1. The molecule has 0 aliphatic heterocycles. The van der Waals surface area contributed by atoms with Gasteiger partial charge in [-0.2, -0.15) is 0 Å². The van der Waals surface area contributed by atoms with E-state index in [1.807, 2.05) is 36.6 Å². The highest BCUT2D eigenvalue weighted by Crippen LogP contribution is 2.18. The van der Waals surface area contributed by atoms with Crippen LogP contribution in [0.5, 0.6) is 5.75 Å². The van der Waals surface area contributed by atoms with E-state index >= 15 is 0 Å². The quantitative estimate of drug-likeness (QED) is 0.395. The number of halogens is 1. The van der Waals surface area contributed by atoms with Gasteiger partial charge in [0.1, 0.15) is 17.4 Å². The fourth-order valence-corrected chi connectivity index (χ4v) is 3.71. The molecule has 0 radical (unpaired) electrons. The van der Waals surface area contributed by atoms with E-state index in [0.717, 1.165) is 22.9 Å². The standard InChI is InChI=1S/C23H25ClN2O3S/c1-17-4-10-21(11-5-17)29-15-22-25-20(16-30-22)14-26(12-3-13-28-2)23(27)18-6-8-19(24)9-7-18/h4-11,16H,3,12-15H2,1-2H3. The molecule has 0 spiro atoms. The molecular formula is C23H25ClN2O3S. The molecule has 3 rings (SSSR count). The van der Waals surface area contributed by atoms with Gasteiger partial charge in [0.15, 0.2) is 0 Å². The van der Waals surface area contributed by atoms with E-state index in [4.69, 9.17) is 21.1 Å². The van der Waals surface area contributed by atoms with Crippen molar-refractivity contribution in [1.82, 2.24) is 9.88 Å². The summed E-state index contributed by atoms with van der Waals surface area (Å²) in [4.78, 5) is 19.4. The van der Waals surface area contributed by atoms with Crippen molar-refractivity contribution >= 4 is 28.8 Å². The van der Waals surface area contributed by atoms with Crippen LogP contribution in [0.4, 0.5) is 0 Å². The zero-order valence-electron chi connectivity index (χ0n) is 17.1. The summed E-state index contributed by atoms with van der Waals surface area (Å²) >= 11 is 7.49. The van der Waals surface area contributed by atoms with E-state index < -0.39 is 0 Å². The van der Waals surface area contributed by atoms with Crippen molar-refractivity contribution < 1.29 is 14.3 Å². The van der Waals surface area contributed by atoms with E-state index in [0.29, 0.717) is 36.9 Å². The maximum Gasteiger partial charge on any atom is 0.254 e. The molecule has 1 heterocycles. The number of thiazole rings is 1. The highest BCUT2D eigenvalue weighted by molar-refractivity contribution is 7.09. The Bertz CT molecular complexity index is 942. The summed E-state index contributed by atoms with van der Waals surface area (Å²) < 4.78 is 11.0. The van der Waals surface area contributed by atoms with Crippen molar-refractivity contribution in [2.45, 2.75) is 26.5 Å². The Balaban J connectivity index is 1.64. The third-order valence-electron chi connectivity index (χ3n) is 4.49. The Morgan fingerprint density at radius 2 is 1.87 bits per heavy atom. The molecule has 158 valence electrons. The number of aromatic nitrogens is 1. The van der Waals surface area contributed by atoms with Gasteiger partial charge in [0.2, 0.25) is 0 Å². The molecule has 0 atom stereocenters. The number of methoxy groups -OCH3 is 1. The molecule has 0 saturated carbocycles. The van der Waals surface area contributed by atoms with E-state index in [2.05, 4.69) is 4.98 Å². The lowest BCUT2D eigenvalue weighted by atomic mass is 10.2. The summed E-state index contributed by atoms with van der Waals surface area (Å²) in [5.74, 6) is 0.768. The number of carbonyl (C=O) groups is 1. The fraction of sp³-hybridized carbons (Fsp3) is 0.304. The van der Waals surface area contributed by atoms with Crippen LogP contribution in [-0.4, -0.2) is 36.1 Å². The number of ether oxygens (including phenoxy) is 2. The van der Waals surface area contributed by atoms with E-state index in [9.17, 15) is 4.79 Å². The van der Waals surface area contributed by atoms with Crippen LogP contribution in [0.2, 0.25) is 5.02 Å². The highest BCUT2D eigenvalue weighted by atomic mass is 35.5. The topological polar surface area (TPSA) is 51.7 Å². The number of amides is 1. The SMILES string of the molecule is COCCCN(Cc1csc(COc2ccc(C)cc2)n1)C(=O)c1ccc(Cl)cc1. The van der Waals surface area contributed by atoms with Crippen LogP contribution in [0.1, 0.15) is 33.0 Å². The van der Waals surface area contributed by atoms with Gasteiger partial charge in [-0.15, -0.1) is 11.3 Å². The van der Waals surface area contributed by atoms with Gasteiger partial charge in [0, 0.05) is 36.2 Å². The summed E-state index contributed by atoms with van der Waals surface area (Å²) in [5, 5.41) is 3.46. The molecule has 2 aromatic carbocycles. The maximum absolute atomic E-state index is 13.0. The number of hydrogen-bond acceptors (Lipinski definition) is 5.